The van der Waals surface area contributed by atoms with Gasteiger partial charge in [-0.15, -0.1) is 0 Å². The molecular weight excluding hydrogens is 190 g/mol. The third kappa shape index (κ3) is 2.38. The van der Waals surface area contributed by atoms with Crippen LogP contribution in [0.25, 0.3) is 0 Å². The quantitative estimate of drug-likeness (QED) is 0.799. The molecule has 2 heterocycles. The molecule has 0 amide bonds. The largest absolute Gasteiger partial charge is 0.392 e. The number of nitrogens with zero attached hydrogens (tertiary/aromatic N) is 3. The SMILES string of the molecule is CCn1nc(C)cc1CN1CC[C@H](O)C1. The van der Waals surface area contributed by atoms with Crippen molar-refractivity contribution in [3.05, 3.63) is 17.5 Å². The highest BCUT2D eigenvalue weighted by atomic mass is 16.3. The van der Waals surface area contributed by atoms with Crippen LogP contribution in [-0.2, 0) is 13.1 Å². The zero-order valence-electron chi connectivity index (χ0n) is 9.48. The summed E-state index contributed by atoms with van der Waals surface area (Å²) in [7, 11) is 0. The van der Waals surface area contributed by atoms with Crippen LogP contribution >= 0.6 is 0 Å². The van der Waals surface area contributed by atoms with Gasteiger partial charge in [-0.2, -0.15) is 5.10 Å². The summed E-state index contributed by atoms with van der Waals surface area (Å²) in [6.07, 6.45) is 0.767. The summed E-state index contributed by atoms with van der Waals surface area (Å²) in [5, 5.41) is 13.9. The number of hydrogen-bond donors (Lipinski definition) is 1. The zero-order valence-corrected chi connectivity index (χ0v) is 9.48. The Hall–Kier alpha value is -0.870. The van der Waals surface area contributed by atoms with Gasteiger partial charge in [-0.3, -0.25) is 9.58 Å². The average Bonchev–Trinajstić information content (AvgIpc) is 2.73. The molecule has 1 saturated heterocycles. The first-order chi connectivity index (χ1) is 7.19. The van der Waals surface area contributed by atoms with Crippen molar-refractivity contribution in [3.8, 4) is 0 Å². The summed E-state index contributed by atoms with van der Waals surface area (Å²) < 4.78 is 2.04. The molecule has 0 aromatic carbocycles. The minimum atomic E-state index is -0.135. The van der Waals surface area contributed by atoms with Gasteiger partial charge in [0.15, 0.2) is 0 Å². The Labute approximate surface area is 90.5 Å². The molecule has 1 aliphatic heterocycles. The second kappa shape index (κ2) is 4.33. The average molecular weight is 209 g/mol. The Morgan fingerprint density at radius 2 is 2.40 bits per heavy atom. The Balaban J connectivity index is 2.03. The van der Waals surface area contributed by atoms with Crippen molar-refractivity contribution < 1.29 is 5.11 Å². The van der Waals surface area contributed by atoms with Crippen molar-refractivity contribution in [1.82, 2.24) is 14.7 Å². The van der Waals surface area contributed by atoms with Gasteiger partial charge in [-0.05, 0) is 26.3 Å². The standard InChI is InChI=1S/C11H19N3O/c1-3-14-10(6-9(2)12-14)7-13-5-4-11(15)8-13/h6,11,15H,3-5,7-8H2,1-2H3/t11-/m0/s1. The van der Waals surface area contributed by atoms with Crippen LogP contribution in [0.3, 0.4) is 0 Å². The molecule has 0 saturated carbocycles. The van der Waals surface area contributed by atoms with E-state index in [2.05, 4.69) is 23.0 Å². The first-order valence-corrected chi connectivity index (χ1v) is 5.62. The van der Waals surface area contributed by atoms with Gasteiger partial charge in [0.05, 0.1) is 17.5 Å². The summed E-state index contributed by atoms with van der Waals surface area (Å²) in [6.45, 7) is 7.75. The number of likely N-dealkylation sites (tertiary alicyclic amines) is 1. The number of hydrogen-bond acceptors (Lipinski definition) is 3. The van der Waals surface area contributed by atoms with Crippen LogP contribution < -0.4 is 0 Å². The summed E-state index contributed by atoms with van der Waals surface area (Å²) in [6, 6.07) is 2.13. The lowest BCUT2D eigenvalue weighted by Crippen LogP contribution is -2.23. The van der Waals surface area contributed by atoms with E-state index in [1.165, 1.54) is 5.69 Å². The number of rotatable bonds is 3. The molecule has 1 N–H and O–H groups in total. The molecule has 84 valence electrons. The van der Waals surface area contributed by atoms with Crippen molar-refractivity contribution in [2.24, 2.45) is 0 Å². The van der Waals surface area contributed by atoms with Gasteiger partial charge in [0, 0.05) is 26.2 Å². The summed E-state index contributed by atoms with van der Waals surface area (Å²) in [4.78, 5) is 2.28. The van der Waals surface area contributed by atoms with Gasteiger partial charge in [0.1, 0.15) is 0 Å². The highest BCUT2D eigenvalue weighted by Crippen LogP contribution is 2.14. The maximum absolute atomic E-state index is 9.45. The molecule has 1 aromatic heterocycles. The lowest BCUT2D eigenvalue weighted by atomic mass is 10.3. The van der Waals surface area contributed by atoms with E-state index >= 15 is 0 Å². The van der Waals surface area contributed by atoms with Crippen molar-refractivity contribution in [3.63, 3.8) is 0 Å². The van der Waals surface area contributed by atoms with Crippen LogP contribution in [0, 0.1) is 6.92 Å². The van der Waals surface area contributed by atoms with E-state index in [0.717, 1.165) is 38.3 Å². The zero-order chi connectivity index (χ0) is 10.8. The number of aryl methyl sites for hydroxylation is 2. The second-order valence-corrected chi connectivity index (χ2v) is 4.27. The van der Waals surface area contributed by atoms with Gasteiger partial charge in [-0.25, -0.2) is 0 Å². The van der Waals surface area contributed by atoms with Crippen LogP contribution in [0.5, 0.6) is 0 Å². The van der Waals surface area contributed by atoms with E-state index in [9.17, 15) is 5.11 Å². The molecular formula is C11H19N3O. The minimum absolute atomic E-state index is 0.135. The monoisotopic (exact) mass is 209 g/mol. The van der Waals surface area contributed by atoms with Crippen molar-refractivity contribution in [2.45, 2.75) is 39.5 Å². The third-order valence-electron chi connectivity index (χ3n) is 2.92. The Bertz CT molecular complexity index is 335. The number of aliphatic hydroxyl groups excluding tert-OH is 1. The first-order valence-electron chi connectivity index (χ1n) is 5.62. The molecule has 1 atom stereocenters. The van der Waals surface area contributed by atoms with Crippen molar-refractivity contribution in [2.75, 3.05) is 13.1 Å². The van der Waals surface area contributed by atoms with Crippen molar-refractivity contribution >= 4 is 0 Å². The molecule has 0 spiro atoms. The predicted molar refractivity (Wildman–Crippen MR) is 58.5 cm³/mol. The molecule has 1 fully saturated rings. The van der Waals surface area contributed by atoms with Crippen LogP contribution in [0.1, 0.15) is 24.7 Å². The van der Waals surface area contributed by atoms with E-state index in [4.69, 9.17) is 0 Å². The summed E-state index contributed by atoms with van der Waals surface area (Å²) in [5.41, 5.74) is 2.33. The molecule has 4 nitrogen and oxygen atoms in total. The van der Waals surface area contributed by atoms with Crippen LogP contribution in [0.2, 0.25) is 0 Å². The third-order valence-corrected chi connectivity index (χ3v) is 2.92. The Morgan fingerprint density at radius 3 is 3.00 bits per heavy atom. The van der Waals surface area contributed by atoms with Gasteiger partial charge in [0.25, 0.3) is 0 Å². The molecule has 15 heavy (non-hydrogen) atoms. The normalized spacial score (nSPS) is 22.5. The predicted octanol–water partition coefficient (Wildman–Crippen LogP) is 0.778. The molecule has 4 heteroatoms. The molecule has 0 unspecified atom stereocenters. The summed E-state index contributed by atoms with van der Waals surface area (Å²) >= 11 is 0. The lowest BCUT2D eigenvalue weighted by Gasteiger charge is -2.15. The molecule has 1 aromatic rings. The minimum Gasteiger partial charge on any atom is -0.392 e. The molecule has 0 bridgehead atoms. The van der Waals surface area contributed by atoms with Crippen LogP contribution in [0.15, 0.2) is 6.07 Å². The van der Waals surface area contributed by atoms with Gasteiger partial charge >= 0.3 is 0 Å². The Morgan fingerprint density at radius 1 is 1.60 bits per heavy atom. The van der Waals surface area contributed by atoms with E-state index in [1.807, 2.05) is 11.6 Å². The van der Waals surface area contributed by atoms with E-state index < -0.39 is 0 Å². The number of aromatic nitrogens is 2. The Kier molecular flexibility index (Phi) is 3.07. The molecule has 0 aliphatic carbocycles. The van der Waals surface area contributed by atoms with E-state index in [0.29, 0.717) is 0 Å². The number of β-amino-alcohol motifs (C(OH)–C–C–N with tert-alkyl or cyclic N) is 1. The number of aliphatic hydroxyl groups is 1. The van der Waals surface area contributed by atoms with Gasteiger partial charge in [0.2, 0.25) is 0 Å². The van der Waals surface area contributed by atoms with E-state index in [-0.39, 0.29) is 6.10 Å². The fourth-order valence-electron chi connectivity index (χ4n) is 2.19. The van der Waals surface area contributed by atoms with Crippen molar-refractivity contribution in [1.29, 1.82) is 0 Å². The molecule has 1 aliphatic rings. The fourth-order valence-corrected chi connectivity index (χ4v) is 2.19. The lowest BCUT2D eigenvalue weighted by molar-refractivity contribution is 0.174. The fraction of sp³-hybridized carbons (Fsp3) is 0.727. The summed E-state index contributed by atoms with van der Waals surface area (Å²) in [5.74, 6) is 0. The topological polar surface area (TPSA) is 41.3 Å². The van der Waals surface area contributed by atoms with Crippen LogP contribution in [-0.4, -0.2) is 39.0 Å². The highest BCUT2D eigenvalue weighted by molar-refractivity contribution is 5.09. The molecule has 0 radical (unpaired) electrons. The van der Waals surface area contributed by atoms with Gasteiger partial charge in [-0.1, -0.05) is 0 Å². The highest BCUT2D eigenvalue weighted by Gasteiger charge is 2.21. The van der Waals surface area contributed by atoms with E-state index in [1.54, 1.807) is 0 Å². The smallest absolute Gasteiger partial charge is 0.0679 e. The van der Waals surface area contributed by atoms with Gasteiger partial charge < -0.3 is 5.11 Å². The second-order valence-electron chi connectivity index (χ2n) is 4.27. The first kappa shape index (κ1) is 10.6. The molecule has 2 rings (SSSR count). The van der Waals surface area contributed by atoms with Crippen LogP contribution in [0.4, 0.5) is 0 Å². The maximum atomic E-state index is 9.45. The maximum Gasteiger partial charge on any atom is 0.0679 e.